The molecular formula is C13H22N2O3. The molecule has 0 aliphatic carbocycles. The van der Waals surface area contributed by atoms with Crippen LogP contribution >= 0.6 is 0 Å². The molecule has 0 atom stereocenters. The minimum atomic E-state index is -0.959. The Balaban J connectivity index is 4.48. The van der Waals surface area contributed by atoms with Crippen LogP contribution in [0.4, 0.5) is 0 Å². The van der Waals surface area contributed by atoms with Crippen LogP contribution in [0.5, 0.6) is 0 Å². The van der Waals surface area contributed by atoms with Crippen LogP contribution in [0.15, 0.2) is 0 Å². The molecule has 0 spiro atoms. The maximum absolute atomic E-state index is 12.1. The fraction of sp³-hybridized carbons (Fsp3) is 0.769. The molecule has 0 radical (unpaired) electrons. The minimum Gasteiger partial charge on any atom is -0.469 e. The Morgan fingerprint density at radius 3 is 2.22 bits per heavy atom. The van der Waals surface area contributed by atoms with Gasteiger partial charge in [-0.2, -0.15) is 5.26 Å². The van der Waals surface area contributed by atoms with E-state index in [-0.39, 0.29) is 24.8 Å². The van der Waals surface area contributed by atoms with Gasteiger partial charge in [0.2, 0.25) is 5.91 Å². The van der Waals surface area contributed by atoms with Gasteiger partial charge in [0.15, 0.2) is 0 Å². The summed E-state index contributed by atoms with van der Waals surface area (Å²) < 4.78 is 4.48. The van der Waals surface area contributed by atoms with Crippen molar-refractivity contribution in [3.05, 3.63) is 0 Å². The predicted octanol–water partition coefficient (Wildman–Crippen LogP) is 1.78. The van der Waals surface area contributed by atoms with Gasteiger partial charge in [0.1, 0.15) is 5.41 Å². The molecule has 0 aliphatic rings. The minimum absolute atomic E-state index is 0.127. The second-order valence-electron chi connectivity index (χ2n) is 4.28. The average molecular weight is 254 g/mol. The number of hydrogen-bond acceptors (Lipinski definition) is 4. The molecule has 0 aromatic carbocycles. The zero-order chi connectivity index (χ0) is 14.0. The third-order valence-electron chi connectivity index (χ3n) is 2.84. The summed E-state index contributed by atoms with van der Waals surface area (Å²) >= 11 is 0. The number of amides is 1. The van der Waals surface area contributed by atoms with Crippen LogP contribution in [0.25, 0.3) is 0 Å². The van der Waals surface area contributed by atoms with E-state index < -0.39 is 5.41 Å². The standard InChI is InChI=1S/C13H22N2O3/c1-4-7-13(10-14,8-5-2)12(17)15-9-6-11(16)18-3/h4-9H2,1-3H3,(H,15,17). The Morgan fingerprint density at radius 2 is 1.83 bits per heavy atom. The van der Waals surface area contributed by atoms with Crippen molar-refractivity contribution in [1.82, 2.24) is 5.32 Å². The highest BCUT2D eigenvalue weighted by Gasteiger charge is 2.36. The molecule has 0 saturated heterocycles. The number of esters is 1. The molecule has 18 heavy (non-hydrogen) atoms. The van der Waals surface area contributed by atoms with Crippen LogP contribution in [0.1, 0.15) is 46.0 Å². The summed E-state index contributed by atoms with van der Waals surface area (Å²) in [6, 6.07) is 2.14. The maximum atomic E-state index is 12.1. The van der Waals surface area contributed by atoms with Crippen LogP contribution in [0, 0.1) is 16.7 Å². The number of rotatable bonds is 8. The number of nitriles is 1. The molecular weight excluding hydrogens is 232 g/mol. The smallest absolute Gasteiger partial charge is 0.307 e. The second-order valence-corrected chi connectivity index (χ2v) is 4.28. The molecule has 5 nitrogen and oxygen atoms in total. The lowest BCUT2D eigenvalue weighted by Gasteiger charge is -2.24. The number of methoxy groups -OCH3 is 1. The fourth-order valence-corrected chi connectivity index (χ4v) is 1.92. The third kappa shape index (κ3) is 4.74. The van der Waals surface area contributed by atoms with Crippen molar-refractivity contribution in [2.45, 2.75) is 46.0 Å². The van der Waals surface area contributed by atoms with Crippen molar-refractivity contribution in [2.75, 3.05) is 13.7 Å². The molecule has 1 amide bonds. The summed E-state index contributed by atoms with van der Waals surface area (Å²) in [7, 11) is 1.30. The average Bonchev–Trinajstić information content (AvgIpc) is 2.37. The van der Waals surface area contributed by atoms with Gasteiger partial charge < -0.3 is 10.1 Å². The molecule has 102 valence electrons. The van der Waals surface area contributed by atoms with E-state index in [1.807, 2.05) is 13.8 Å². The van der Waals surface area contributed by atoms with Crippen molar-refractivity contribution < 1.29 is 14.3 Å². The van der Waals surface area contributed by atoms with Crippen molar-refractivity contribution in [3.8, 4) is 6.07 Å². The van der Waals surface area contributed by atoms with E-state index in [2.05, 4.69) is 16.1 Å². The van der Waals surface area contributed by atoms with Crippen LogP contribution in [0.3, 0.4) is 0 Å². The second kappa shape index (κ2) is 8.51. The van der Waals surface area contributed by atoms with E-state index in [0.29, 0.717) is 12.8 Å². The Bertz CT molecular complexity index is 315. The molecule has 5 heteroatoms. The van der Waals surface area contributed by atoms with Crippen LogP contribution < -0.4 is 5.32 Å². The Kier molecular flexibility index (Phi) is 7.77. The Hall–Kier alpha value is -1.57. The summed E-state index contributed by atoms with van der Waals surface area (Å²) in [5.41, 5.74) is -0.959. The number of nitrogens with one attached hydrogen (secondary N) is 1. The van der Waals surface area contributed by atoms with E-state index in [4.69, 9.17) is 0 Å². The number of ether oxygens (including phenoxy) is 1. The van der Waals surface area contributed by atoms with Crippen molar-refractivity contribution >= 4 is 11.9 Å². The first kappa shape index (κ1) is 16.4. The van der Waals surface area contributed by atoms with Crippen molar-refractivity contribution in [2.24, 2.45) is 5.41 Å². The van der Waals surface area contributed by atoms with Gasteiger partial charge in [0.05, 0.1) is 19.6 Å². The molecule has 0 aliphatic heterocycles. The highest BCUT2D eigenvalue weighted by molar-refractivity contribution is 5.85. The number of carbonyl (C=O) groups excluding carboxylic acids is 2. The monoisotopic (exact) mass is 254 g/mol. The van der Waals surface area contributed by atoms with Crippen LogP contribution in [-0.4, -0.2) is 25.5 Å². The van der Waals surface area contributed by atoms with Gasteiger partial charge in [0, 0.05) is 6.54 Å². The van der Waals surface area contributed by atoms with Gasteiger partial charge in [-0.15, -0.1) is 0 Å². The number of hydrogen-bond donors (Lipinski definition) is 1. The third-order valence-corrected chi connectivity index (χ3v) is 2.84. The zero-order valence-electron chi connectivity index (χ0n) is 11.4. The number of carbonyl (C=O) groups is 2. The van der Waals surface area contributed by atoms with Gasteiger partial charge in [-0.1, -0.05) is 26.7 Å². The van der Waals surface area contributed by atoms with E-state index in [1.54, 1.807) is 0 Å². The molecule has 0 aromatic heterocycles. The number of nitrogens with zero attached hydrogens (tertiary/aromatic N) is 1. The van der Waals surface area contributed by atoms with Gasteiger partial charge in [-0.25, -0.2) is 0 Å². The molecule has 0 aromatic rings. The molecule has 1 N–H and O–H groups in total. The van der Waals surface area contributed by atoms with E-state index >= 15 is 0 Å². The lowest BCUT2D eigenvalue weighted by Crippen LogP contribution is -2.41. The van der Waals surface area contributed by atoms with Crippen LogP contribution in [0.2, 0.25) is 0 Å². The SMILES string of the molecule is CCCC(C#N)(CCC)C(=O)NCCC(=O)OC. The molecule has 0 saturated carbocycles. The predicted molar refractivity (Wildman–Crippen MR) is 67.5 cm³/mol. The largest absolute Gasteiger partial charge is 0.469 e. The molecule has 0 rings (SSSR count). The summed E-state index contributed by atoms with van der Waals surface area (Å²) in [4.78, 5) is 23.0. The quantitative estimate of drug-likeness (QED) is 0.669. The topological polar surface area (TPSA) is 79.2 Å². The van der Waals surface area contributed by atoms with Crippen molar-refractivity contribution in [1.29, 1.82) is 5.26 Å². The zero-order valence-corrected chi connectivity index (χ0v) is 11.4. The lowest BCUT2D eigenvalue weighted by molar-refractivity contribution is -0.140. The van der Waals surface area contributed by atoms with Gasteiger partial charge in [-0.3, -0.25) is 9.59 Å². The molecule has 0 bridgehead atoms. The normalized spacial score (nSPS) is 10.6. The lowest BCUT2D eigenvalue weighted by atomic mass is 9.80. The first-order valence-electron chi connectivity index (χ1n) is 6.32. The Morgan fingerprint density at radius 1 is 1.28 bits per heavy atom. The summed E-state index contributed by atoms with van der Waals surface area (Å²) in [6.07, 6.45) is 2.76. The summed E-state index contributed by atoms with van der Waals surface area (Å²) in [6.45, 7) is 4.11. The molecule has 0 heterocycles. The molecule has 0 unspecified atom stereocenters. The maximum Gasteiger partial charge on any atom is 0.307 e. The van der Waals surface area contributed by atoms with Gasteiger partial charge in [-0.05, 0) is 12.8 Å². The summed E-state index contributed by atoms with van der Waals surface area (Å²) in [5, 5.41) is 11.9. The first-order chi connectivity index (χ1) is 8.56. The Labute approximate surface area is 108 Å². The van der Waals surface area contributed by atoms with Gasteiger partial charge in [0.25, 0.3) is 0 Å². The van der Waals surface area contributed by atoms with Gasteiger partial charge >= 0.3 is 5.97 Å². The van der Waals surface area contributed by atoms with Crippen LogP contribution in [-0.2, 0) is 14.3 Å². The van der Waals surface area contributed by atoms with Crippen molar-refractivity contribution in [3.63, 3.8) is 0 Å². The fourth-order valence-electron chi connectivity index (χ4n) is 1.92. The van der Waals surface area contributed by atoms with E-state index in [0.717, 1.165) is 12.8 Å². The highest BCUT2D eigenvalue weighted by Crippen LogP contribution is 2.29. The molecule has 0 fully saturated rings. The first-order valence-corrected chi connectivity index (χ1v) is 6.32. The highest BCUT2D eigenvalue weighted by atomic mass is 16.5. The van der Waals surface area contributed by atoms with E-state index in [1.165, 1.54) is 7.11 Å². The summed E-state index contributed by atoms with van der Waals surface area (Å²) in [5.74, 6) is -0.651. The van der Waals surface area contributed by atoms with E-state index in [9.17, 15) is 14.9 Å².